The summed E-state index contributed by atoms with van der Waals surface area (Å²) in [5, 5.41) is 8.08. The zero-order valence-electron chi connectivity index (χ0n) is 12.3. The first-order chi connectivity index (χ1) is 8.63. The molecule has 3 heteroatoms. The first kappa shape index (κ1) is 13.6. The minimum absolute atomic E-state index is 0.394. The minimum Gasteiger partial charge on any atom is -0.313 e. The molecule has 3 nitrogen and oxygen atoms in total. The molecule has 0 aromatic carbocycles. The molecule has 1 atom stereocenters. The number of nitrogens with one attached hydrogen (secondary N) is 1. The van der Waals surface area contributed by atoms with E-state index in [1.165, 1.54) is 49.1 Å². The van der Waals surface area contributed by atoms with Gasteiger partial charge < -0.3 is 5.32 Å². The lowest BCUT2D eigenvalue weighted by Crippen LogP contribution is -2.17. The molecule has 0 bridgehead atoms. The third kappa shape index (κ3) is 2.77. The Bertz CT molecular complexity index is 389. The van der Waals surface area contributed by atoms with Crippen molar-refractivity contribution in [2.45, 2.75) is 65.5 Å². The van der Waals surface area contributed by atoms with Crippen LogP contribution in [0.3, 0.4) is 0 Å². The molecular formula is C15H27N3. The van der Waals surface area contributed by atoms with Crippen LogP contribution in [0.4, 0.5) is 0 Å². The van der Waals surface area contributed by atoms with Crippen molar-refractivity contribution in [2.75, 3.05) is 7.05 Å². The highest BCUT2D eigenvalue weighted by Crippen LogP contribution is 2.27. The minimum atomic E-state index is 0.394. The fraction of sp³-hybridized carbons (Fsp3) is 0.800. The molecular weight excluding hydrogens is 222 g/mol. The Balaban J connectivity index is 2.13. The molecule has 102 valence electrons. The highest BCUT2D eigenvalue weighted by molar-refractivity contribution is 5.27. The van der Waals surface area contributed by atoms with E-state index in [1.807, 2.05) is 7.05 Å². The summed E-state index contributed by atoms with van der Waals surface area (Å²) in [7, 11) is 2.02. The number of aryl methyl sites for hydroxylation is 1. The van der Waals surface area contributed by atoms with E-state index in [0.717, 1.165) is 12.5 Å². The van der Waals surface area contributed by atoms with E-state index in [2.05, 4.69) is 30.8 Å². The van der Waals surface area contributed by atoms with Gasteiger partial charge in [0.1, 0.15) is 0 Å². The maximum atomic E-state index is 4.75. The summed E-state index contributed by atoms with van der Waals surface area (Å²) in [5.74, 6) is 0.842. The molecule has 0 amide bonds. The van der Waals surface area contributed by atoms with Gasteiger partial charge in [-0.2, -0.15) is 5.10 Å². The molecule has 1 unspecified atom stereocenters. The molecule has 0 radical (unpaired) electrons. The van der Waals surface area contributed by atoms with E-state index < -0.39 is 0 Å². The maximum Gasteiger partial charge on any atom is 0.0644 e. The van der Waals surface area contributed by atoms with Crippen LogP contribution in [-0.2, 0) is 6.54 Å². The fourth-order valence-corrected chi connectivity index (χ4v) is 3.27. The second-order valence-electron chi connectivity index (χ2n) is 5.78. The SMILES string of the molecule is CNC(C)c1c(C)nn(CC2CCCCC2)c1C. The van der Waals surface area contributed by atoms with E-state index in [-0.39, 0.29) is 0 Å². The molecule has 0 saturated heterocycles. The van der Waals surface area contributed by atoms with Crippen molar-refractivity contribution in [3.63, 3.8) is 0 Å². The van der Waals surface area contributed by atoms with Crippen molar-refractivity contribution < 1.29 is 0 Å². The standard InChI is InChI=1S/C15H27N3/c1-11(16-4)15-12(2)17-18(13(15)3)10-14-8-6-5-7-9-14/h11,14,16H,5-10H2,1-4H3. The lowest BCUT2D eigenvalue weighted by Gasteiger charge is -2.22. The van der Waals surface area contributed by atoms with E-state index in [1.54, 1.807) is 0 Å². The van der Waals surface area contributed by atoms with Crippen LogP contribution < -0.4 is 5.32 Å². The number of rotatable bonds is 4. The Morgan fingerprint density at radius 1 is 1.28 bits per heavy atom. The Morgan fingerprint density at radius 3 is 2.56 bits per heavy atom. The topological polar surface area (TPSA) is 29.9 Å². The van der Waals surface area contributed by atoms with Crippen molar-refractivity contribution >= 4 is 0 Å². The molecule has 0 aliphatic heterocycles. The average Bonchev–Trinajstić information content (AvgIpc) is 2.65. The van der Waals surface area contributed by atoms with Gasteiger partial charge in [0.15, 0.2) is 0 Å². The molecule has 1 fully saturated rings. The van der Waals surface area contributed by atoms with Gasteiger partial charge in [-0.25, -0.2) is 0 Å². The van der Waals surface area contributed by atoms with Gasteiger partial charge in [0.2, 0.25) is 0 Å². The summed E-state index contributed by atoms with van der Waals surface area (Å²) in [4.78, 5) is 0. The summed E-state index contributed by atoms with van der Waals surface area (Å²) in [6, 6.07) is 0.394. The van der Waals surface area contributed by atoms with Crippen LogP contribution in [0.25, 0.3) is 0 Å². The lowest BCUT2D eigenvalue weighted by molar-refractivity contribution is 0.305. The molecule has 2 rings (SSSR count). The molecule has 0 spiro atoms. The highest BCUT2D eigenvalue weighted by atomic mass is 15.3. The Hall–Kier alpha value is -0.830. The Morgan fingerprint density at radius 2 is 1.94 bits per heavy atom. The molecule has 1 saturated carbocycles. The average molecular weight is 249 g/mol. The van der Waals surface area contributed by atoms with Crippen LogP contribution in [0.2, 0.25) is 0 Å². The largest absolute Gasteiger partial charge is 0.313 e. The summed E-state index contributed by atoms with van der Waals surface area (Å²) in [6.45, 7) is 7.67. The van der Waals surface area contributed by atoms with Crippen LogP contribution in [0.1, 0.15) is 62.0 Å². The normalized spacial score (nSPS) is 19.1. The Kier molecular flexibility index (Phi) is 4.44. The number of aromatic nitrogens is 2. The smallest absolute Gasteiger partial charge is 0.0644 e. The van der Waals surface area contributed by atoms with E-state index in [0.29, 0.717) is 6.04 Å². The zero-order chi connectivity index (χ0) is 13.1. The van der Waals surface area contributed by atoms with Gasteiger partial charge in [-0.05, 0) is 46.6 Å². The van der Waals surface area contributed by atoms with E-state index >= 15 is 0 Å². The van der Waals surface area contributed by atoms with Gasteiger partial charge in [-0.15, -0.1) is 0 Å². The summed E-state index contributed by atoms with van der Waals surface area (Å²) < 4.78 is 2.24. The predicted molar refractivity (Wildman–Crippen MR) is 75.8 cm³/mol. The summed E-state index contributed by atoms with van der Waals surface area (Å²) >= 11 is 0. The number of hydrogen-bond donors (Lipinski definition) is 1. The quantitative estimate of drug-likeness (QED) is 0.886. The first-order valence-corrected chi connectivity index (χ1v) is 7.34. The molecule has 1 aliphatic rings. The van der Waals surface area contributed by atoms with Crippen LogP contribution >= 0.6 is 0 Å². The van der Waals surface area contributed by atoms with Gasteiger partial charge in [0.25, 0.3) is 0 Å². The van der Waals surface area contributed by atoms with Gasteiger partial charge >= 0.3 is 0 Å². The van der Waals surface area contributed by atoms with Gasteiger partial charge in [0.05, 0.1) is 5.69 Å². The summed E-state index contributed by atoms with van der Waals surface area (Å²) in [5.41, 5.74) is 3.92. The second kappa shape index (κ2) is 5.87. The molecule has 1 aromatic rings. The Labute approximate surface area is 111 Å². The maximum absolute atomic E-state index is 4.75. The van der Waals surface area contributed by atoms with Crippen molar-refractivity contribution in [1.29, 1.82) is 0 Å². The molecule has 1 aliphatic carbocycles. The monoisotopic (exact) mass is 249 g/mol. The fourth-order valence-electron chi connectivity index (χ4n) is 3.27. The van der Waals surface area contributed by atoms with E-state index in [9.17, 15) is 0 Å². The van der Waals surface area contributed by atoms with Crippen LogP contribution in [0.15, 0.2) is 0 Å². The second-order valence-corrected chi connectivity index (χ2v) is 5.78. The molecule has 1 aromatic heterocycles. The van der Waals surface area contributed by atoms with Gasteiger partial charge in [-0.3, -0.25) is 4.68 Å². The highest BCUT2D eigenvalue weighted by Gasteiger charge is 2.19. The molecule has 18 heavy (non-hydrogen) atoms. The van der Waals surface area contributed by atoms with Crippen molar-refractivity contribution in [2.24, 2.45) is 5.92 Å². The van der Waals surface area contributed by atoms with Crippen molar-refractivity contribution in [3.05, 3.63) is 17.0 Å². The third-order valence-electron chi connectivity index (χ3n) is 4.46. The predicted octanol–water partition coefficient (Wildman–Crippen LogP) is 3.36. The molecule has 1 heterocycles. The molecule has 1 N–H and O–H groups in total. The van der Waals surface area contributed by atoms with Gasteiger partial charge in [0, 0.05) is 23.8 Å². The van der Waals surface area contributed by atoms with E-state index in [4.69, 9.17) is 5.10 Å². The summed E-state index contributed by atoms with van der Waals surface area (Å²) in [6.07, 6.45) is 7.01. The van der Waals surface area contributed by atoms with Crippen LogP contribution in [-0.4, -0.2) is 16.8 Å². The third-order valence-corrected chi connectivity index (χ3v) is 4.46. The van der Waals surface area contributed by atoms with Crippen molar-refractivity contribution in [3.8, 4) is 0 Å². The van der Waals surface area contributed by atoms with Crippen molar-refractivity contribution in [1.82, 2.24) is 15.1 Å². The number of nitrogens with zero attached hydrogens (tertiary/aromatic N) is 2. The number of hydrogen-bond acceptors (Lipinski definition) is 2. The first-order valence-electron chi connectivity index (χ1n) is 7.34. The zero-order valence-corrected chi connectivity index (χ0v) is 12.3. The van der Waals surface area contributed by atoms with Crippen LogP contribution in [0.5, 0.6) is 0 Å². The lowest BCUT2D eigenvalue weighted by atomic mass is 9.89. The van der Waals surface area contributed by atoms with Gasteiger partial charge in [-0.1, -0.05) is 19.3 Å². The van der Waals surface area contributed by atoms with Crippen LogP contribution in [0, 0.1) is 19.8 Å².